The summed E-state index contributed by atoms with van der Waals surface area (Å²) in [6, 6.07) is 2.66. The van der Waals surface area contributed by atoms with Gasteiger partial charge in [0.05, 0.1) is 0 Å². The molecule has 2 rings (SSSR count). The highest BCUT2D eigenvalue weighted by atomic mass is 32.2. The lowest BCUT2D eigenvalue weighted by atomic mass is 9.88. The molecule has 0 aliphatic carbocycles. The molecule has 0 saturated carbocycles. The van der Waals surface area contributed by atoms with Crippen molar-refractivity contribution in [2.45, 2.75) is 38.3 Å². The predicted molar refractivity (Wildman–Crippen MR) is 70.4 cm³/mol. The highest BCUT2D eigenvalue weighted by Gasteiger charge is 2.38. The first-order chi connectivity index (χ1) is 8.86. The Morgan fingerprint density at radius 1 is 1.32 bits per heavy atom. The third-order valence-corrected chi connectivity index (χ3v) is 5.65. The number of sulfonamides is 1. The molecule has 6 heteroatoms. The summed E-state index contributed by atoms with van der Waals surface area (Å²) in [4.78, 5) is 10.6. The lowest BCUT2D eigenvalue weighted by Gasteiger charge is -2.39. The Balaban J connectivity index is 2.35. The second-order valence-corrected chi connectivity index (χ2v) is 7.23. The lowest BCUT2D eigenvalue weighted by Crippen LogP contribution is -2.48. The van der Waals surface area contributed by atoms with E-state index < -0.39 is 10.0 Å². The number of nitrogens with zero attached hydrogens (tertiary/aromatic N) is 1. The highest BCUT2D eigenvalue weighted by Crippen LogP contribution is 2.31. The molecule has 106 valence electrons. The summed E-state index contributed by atoms with van der Waals surface area (Å²) >= 11 is 0. The summed E-state index contributed by atoms with van der Waals surface area (Å²) in [5, 5.41) is -0.150. The normalized spacial score (nSPS) is 29.3. The molecule has 2 heterocycles. The van der Waals surface area contributed by atoms with Crippen LogP contribution in [0.1, 0.15) is 37.7 Å². The van der Waals surface area contributed by atoms with Crippen molar-refractivity contribution in [1.29, 1.82) is 0 Å². The van der Waals surface area contributed by atoms with Gasteiger partial charge in [0, 0.05) is 12.6 Å². The minimum absolute atomic E-state index is 0.0318. The van der Waals surface area contributed by atoms with Gasteiger partial charge in [0.25, 0.3) is 10.0 Å². The first-order valence-electron chi connectivity index (χ1n) is 6.43. The SMILES string of the molecule is CC1CC(C)C(C)N(S(=O)(=O)c2ccc(C=O)o2)C1. The van der Waals surface area contributed by atoms with Crippen LogP contribution in [-0.4, -0.2) is 31.6 Å². The van der Waals surface area contributed by atoms with Crippen LogP contribution in [0, 0.1) is 11.8 Å². The largest absolute Gasteiger partial charge is 0.440 e. The fourth-order valence-corrected chi connectivity index (χ4v) is 4.40. The molecule has 0 aromatic carbocycles. The molecule has 0 N–H and O–H groups in total. The van der Waals surface area contributed by atoms with Crippen LogP contribution in [0.15, 0.2) is 21.6 Å². The van der Waals surface area contributed by atoms with E-state index in [-0.39, 0.29) is 16.9 Å². The Kier molecular flexibility index (Phi) is 3.82. The molecule has 3 atom stereocenters. The first-order valence-corrected chi connectivity index (χ1v) is 7.87. The van der Waals surface area contributed by atoms with Gasteiger partial charge >= 0.3 is 0 Å². The minimum Gasteiger partial charge on any atom is -0.440 e. The van der Waals surface area contributed by atoms with Crippen LogP contribution in [-0.2, 0) is 10.0 Å². The van der Waals surface area contributed by atoms with Crippen LogP contribution in [0.3, 0.4) is 0 Å². The average Bonchev–Trinajstić information content (AvgIpc) is 2.83. The zero-order chi connectivity index (χ0) is 14.2. The fourth-order valence-electron chi connectivity index (χ4n) is 2.63. The molecule has 5 nitrogen and oxygen atoms in total. The molecule has 1 fully saturated rings. The van der Waals surface area contributed by atoms with Gasteiger partial charge < -0.3 is 4.42 Å². The van der Waals surface area contributed by atoms with E-state index >= 15 is 0 Å². The van der Waals surface area contributed by atoms with Gasteiger partial charge in [-0.05, 0) is 37.3 Å². The Bertz CT molecular complexity index is 563. The predicted octanol–water partition coefficient (Wildman–Crippen LogP) is 2.15. The number of rotatable bonds is 3. The van der Waals surface area contributed by atoms with Gasteiger partial charge in [0.15, 0.2) is 12.0 Å². The first kappa shape index (κ1) is 14.3. The molecule has 0 amide bonds. The summed E-state index contributed by atoms with van der Waals surface area (Å²) in [5.74, 6) is 0.657. The maximum absolute atomic E-state index is 12.5. The smallest absolute Gasteiger partial charge is 0.276 e. The summed E-state index contributed by atoms with van der Waals surface area (Å²) in [7, 11) is -3.66. The Hall–Kier alpha value is -1.14. The molecular formula is C13H19NO4S. The molecule has 1 aliphatic heterocycles. The van der Waals surface area contributed by atoms with E-state index in [1.165, 1.54) is 16.4 Å². The average molecular weight is 285 g/mol. The molecule has 1 saturated heterocycles. The number of aldehydes is 1. The topological polar surface area (TPSA) is 67.6 Å². The van der Waals surface area contributed by atoms with Gasteiger partial charge in [0.1, 0.15) is 0 Å². The van der Waals surface area contributed by atoms with E-state index in [4.69, 9.17) is 4.42 Å². The maximum atomic E-state index is 12.5. The van der Waals surface area contributed by atoms with Gasteiger partial charge in [-0.2, -0.15) is 4.31 Å². The van der Waals surface area contributed by atoms with Crippen LogP contribution in [0.4, 0.5) is 0 Å². The Morgan fingerprint density at radius 3 is 2.58 bits per heavy atom. The van der Waals surface area contributed by atoms with Gasteiger partial charge in [-0.3, -0.25) is 4.79 Å². The van der Waals surface area contributed by atoms with Crippen molar-refractivity contribution in [1.82, 2.24) is 4.31 Å². The molecule has 3 unspecified atom stereocenters. The molecule has 1 aliphatic rings. The van der Waals surface area contributed by atoms with E-state index in [1.54, 1.807) is 0 Å². The van der Waals surface area contributed by atoms with E-state index in [1.807, 2.05) is 13.8 Å². The van der Waals surface area contributed by atoms with Crippen LogP contribution >= 0.6 is 0 Å². The van der Waals surface area contributed by atoms with Crippen molar-refractivity contribution in [2.75, 3.05) is 6.54 Å². The number of carbonyl (C=O) groups is 1. The summed E-state index contributed by atoms with van der Waals surface area (Å²) < 4.78 is 31.6. The van der Waals surface area contributed by atoms with Crippen LogP contribution in [0.5, 0.6) is 0 Å². The van der Waals surface area contributed by atoms with Gasteiger partial charge in [-0.1, -0.05) is 13.8 Å². The van der Waals surface area contributed by atoms with Gasteiger partial charge in [-0.15, -0.1) is 0 Å². The number of piperidine rings is 1. The van der Waals surface area contributed by atoms with Gasteiger partial charge in [0.2, 0.25) is 5.09 Å². The van der Waals surface area contributed by atoms with Crippen LogP contribution in [0.2, 0.25) is 0 Å². The number of furan rings is 1. The number of hydrogen-bond acceptors (Lipinski definition) is 4. The fraction of sp³-hybridized carbons (Fsp3) is 0.615. The van der Waals surface area contributed by atoms with Crippen molar-refractivity contribution in [3.8, 4) is 0 Å². The van der Waals surface area contributed by atoms with Gasteiger partial charge in [-0.25, -0.2) is 8.42 Å². The third kappa shape index (κ3) is 2.60. The van der Waals surface area contributed by atoms with Crippen molar-refractivity contribution >= 4 is 16.3 Å². The summed E-state index contributed by atoms with van der Waals surface area (Å²) in [5.41, 5.74) is 0. The zero-order valence-electron chi connectivity index (χ0n) is 11.4. The molecule has 19 heavy (non-hydrogen) atoms. The highest BCUT2D eigenvalue weighted by molar-refractivity contribution is 7.89. The quantitative estimate of drug-likeness (QED) is 0.798. The lowest BCUT2D eigenvalue weighted by molar-refractivity contribution is 0.109. The summed E-state index contributed by atoms with van der Waals surface area (Å²) in [6.07, 6.45) is 1.52. The molecule has 1 aromatic rings. The van der Waals surface area contributed by atoms with E-state index in [2.05, 4.69) is 6.92 Å². The second kappa shape index (κ2) is 5.09. The number of hydrogen-bond donors (Lipinski definition) is 0. The second-order valence-electron chi connectivity index (χ2n) is 5.41. The van der Waals surface area contributed by atoms with Crippen LogP contribution in [0.25, 0.3) is 0 Å². The molecule has 0 bridgehead atoms. The maximum Gasteiger partial charge on any atom is 0.276 e. The summed E-state index contributed by atoms with van der Waals surface area (Å²) in [6.45, 7) is 6.51. The zero-order valence-corrected chi connectivity index (χ0v) is 12.2. The van der Waals surface area contributed by atoms with E-state index in [0.717, 1.165) is 6.42 Å². The number of carbonyl (C=O) groups excluding carboxylic acids is 1. The Labute approximate surface area is 113 Å². The molecular weight excluding hydrogens is 266 g/mol. The van der Waals surface area contributed by atoms with E-state index in [9.17, 15) is 13.2 Å². The monoisotopic (exact) mass is 285 g/mol. The molecule has 1 aromatic heterocycles. The molecule has 0 spiro atoms. The van der Waals surface area contributed by atoms with Crippen molar-refractivity contribution < 1.29 is 17.6 Å². The van der Waals surface area contributed by atoms with Crippen molar-refractivity contribution in [2.24, 2.45) is 11.8 Å². The molecule has 0 radical (unpaired) electrons. The van der Waals surface area contributed by atoms with Crippen LogP contribution < -0.4 is 0 Å². The third-order valence-electron chi connectivity index (χ3n) is 3.82. The van der Waals surface area contributed by atoms with Crippen molar-refractivity contribution in [3.63, 3.8) is 0 Å². The minimum atomic E-state index is -3.66. The van der Waals surface area contributed by atoms with E-state index in [0.29, 0.717) is 24.7 Å². The van der Waals surface area contributed by atoms with Crippen molar-refractivity contribution in [3.05, 3.63) is 17.9 Å². The standard InChI is InChI=1S/C13H19NO4S/c1-9-6-10(2)11(3)14(7-9)19(16,17)13-5-4-12(8-15)18-13/h4-5,8-11H,6-7H2,1-3H3. The Morgan fingerprint density at radius 2 is 2.00 bits per heavy atom.